The van der Waals surface area contributed by atoms with E-state index >= 15 is 0 Å². The van der Waals surface area contributed by atoms with Gasteiger partial charge < -0.3 is 10.2 Å². The third-order valence-electron chi connectivity index (χ3n) is 4.59. The summed E-state index contributed by atoms with van der Waals surface area (Å²) in [6.07, 6.45) is 4.16. The van der Waals surface area contributed by atoms with Crippen LogP contribution in [0.4, 0.5) is 5.69 Å². The third kappa shape index (κ3) is 2.96. The van der Waals surface area contributed by atoms with E-state index in [9.17, 15) is 0 Å². The summed E-state index contributed by atoms with van der Waals surface area (Å²) in [5, 5.41) is 4.39. The molecule has 1 aromatic rings. The maximum absolute atomic E-state index is 6.47. The lowest BCUT2D eigenvalue weighted by molar-refractivity contribution is 0.424. The van der Waals surface area contributed by atoms with Crippen LogP contribution in [0.25, 0.3) is 0 Å². The van der Waals surface area contributed by atoms with Crippen LogP contribution in [0, 0.1) is 5.92 Å². The van der Waals surface area contributed by atoms with Crippen molar-refractivity contribution < 1.29 is 0 Å². The lowest BCUT2D eigenvalue weighted by atomic mass is 10.1. The number of piperidine rings is 1. The number of hydrogen-bond donors (Lipinski definition) is 1. The Morgan fingerprint density at radius 3 is 2.65 bits per heavy atom. The molecule has 20 heavy (non-hydrogen) atoms. The van der Waals surface area contributed by atoms with Gasteiger partial charge in [0.2, 0.25) is 0 Å². The molecule has 1 aliphatic carbocycles. The normalized spacial score (nSPS) is 25.5. The maximum Gasteiger partial charge on any atom is 0.0471 e. The van der Waals surface area contributed by atoms with Crippen LogP contribution < -0.4 is 10.2 Å². The second kappa shape index (κ2) is 5.23. The molecule has 2 atom stereocenters. The summed E-state index contributed by atoms with van der Waals surface area (Å²) in [6.45, 7) is 8.58. The molecule has 1 aromatic carbocycles. The smallest absolute Gasteiger partial charge is 0.0471 e. The molecule has 2 unspecified atom stereocenters. The van der Waals surface area contributed by atoms with Gasteiger partial charge in [-0.05, 0) is 63.6 Å². The minimum atomic E-state index is 0.121. The molecule has 0 radical (unpaired) electrons. The molecule has 3 rings (SSSR count). The highest BCUT2D eigenvalue weighted by atomic mass is 35.5. The molecule has 2 bridgehead atoms. The average Bonchev–Trinajstić information content (AvgIpc) is 2.98. The topological polar surface area (TPSA) is 15.3 Å². The molecular formula is C17H25ClN2. The quantitative estimate of drug-likeness (QED) is 0.897. The van der Waals surface area contributed by atoms with Crippen molar-refractivity contribution in [1.29, 1.82) is 0 Å². The van der Waals surface area contributed by atoms with Crippen molar-refractivity contribution in [3.8, 4) is 0 Å². The van der Waals surface area contributed by atoms with Gasteiger partial charge in [0.1, 0.15) is 0 Å². The Morgan fingerprint density at radius 1 is 1.30 bits per heavy atom. The fraction of sp³-hybridized carbons (Fsp3) is 0.647. The Labute approximate surface area is 127 Å². The number of fused-ring (bicyclic) bond motifs is 2. The van der Waals surface area contributed by atoms with Crippen molar-refractivity contribution in [2.24, 2.45) is 5.92 Å². The number of rotatable bonds is 3. The SMILES string of the molecule is CC(C)(C)NCc1ccc(N2CC3CCC2C3)cc1Cl. The van der Waals surface area contributed by atoms with Gasteiger partial charge in [-0.1, -0.05) is 17.7 Å². The number of halogens is 1. The van der Waals surface area contributed by atoms with E-state index in [4.69, 9.17) is 11.6 Å². The van der Waals surface area contributed by atoms with E-state index in [0.717, 1.165) is 23.5 Å². The van der Waals surface area contributed by atoms with E-state index in [2.05, 4.69) is 49.2 Å². The van der Waals surface area contributed by atoms with E-state index in [-0.39, 0.29) is 5.54 Å². The highest BCUT2D eigenvalue weighted by Crippen LogP contribution is 2.40. The average molecular weight is 293 g/mol. The van der Waals surface area contributed by atoms with Gasteiger partial charge in [0.15, 0.2) is 0 Å². The molecule has 0 spiro atoms. The van der Waals surface area contributed by atoms with Crippen LogP contribution in [0.5, 0.6) is 0 Å². The minimum Gasteiger partial charge on any atom is -0.368 e. The number of nitrogens with one attached hydrogen (secondary N) is 1. The summed E-state index contributed by atoms with van der Waals surface area (Å²) in [5.74, 6) is 0.918. The van der Waals surface area contributed by atoms with E-state index in [1.54, 1.807) is 0 Å². The monoisotopic (exact) mass is 292 g/mol. The van der Waals surface area contributed by atoms with Gasteiger partial charge in [-0.2, -0.15) is 0 Å². The number of nitrogens with zero attached hydrogens (tertiary/aromatic N) is 1. The second-order valence-corrected chi connectivity index (χ2v) is 7.77. The molecular weight excluding hydrogens is 268 g/mol. The molecule has 0 amide bonds. The zero-order valence-electron chi connectivity index (χ0n) is 12.7. The van der Waals surface area contributed by atoms with Crippen LogP contribution in [0.3, 0.4) is 0 Å². The van der Waals surface area contributed by atoms with Crippen molar-refractivity contribution >= 4 is 17.3 Å². The van der Waals surface area contributed by atoms with Crippen LogP contribution in [0.15, 0.2) is 18.2 Å². The number of benzene rings is 1. The van der Waals surface area contributed by atoms with E-state index in [0.29, 0.717) is 0 Å². The van der Waals surface area contributed by atoms with Crippen LogP contribution in [0.1, 0.15) is 45.6 Å². The summed E-state index contributed by atoms with van der Waals surface area (Å²) in [6, 6.07) is 7.34. The van der Waals surface area contributed by atoms with E-state index < -0.39 is 0 Å². The minimum absolute atomic E-state index is 0.121. The van der Waals surface area contributed by atoms with E-state index in [1.807, 2.05) is 0 Å². The van der Waals surface area contributed by atoms with Crippen LogP contribution >= 0.6 is 11.6 Å². The zero-order valence-corrected chi connectivity index (χ0v) is 13.5. The molecule has 0 aromatic heterocycles. The predicted molar refractivity (Wildman–Crippen MR) is 86.5 cm³/mol. The summed E-state index contributed by atoms with van der Waals surface area (Å²) >= 11 is 6.47. The fourth-order valence-corrected chi connectivity index (χ4v) is 3.70. The molecule has 2 fully saturated rings. The van der Waals surface area contributed by atoms with E-state index in [1.165, 1.54) is 37.1 Å². The van der Waals surface area contributed by atoms with Gasteiger partial charge in [0, 0.05) is 35.4 Å². The Bertz CT molecular complexity index is 492. The molecule has 2 nitrogen and oxygen atoms in total. The first-order valence-electron chi connectivity index (χ1n) is 7.72. The molecule has 110 valence electrons. The Morgan fingerprint density at radius 2 is 2.10 bits per heavy atom. The zero-order chi connectivity index (χ0) is 14.3. The summed E-state index contributed by atoms with van der Waals surface area (Å²) in [5.41, 5.74) is 2.62. The highest BCUT2D eigenvalue weighted by Gasteiger charge is 2.37. The van der Waals surface area contributed by atoms with Crippen molar-refractivity contribution in [3.63, 3.8) is 0 Å². The predicted octanol–water partition coefficient (Wildman–Crippen LogP) is 4.22. The first kappa shape index (κ1) is 14.2. The first-order chi connectivity index (χ1) is 9.42. The Hall–Kier alpha value is -0.730. The molecule has 1 N–H and O–H groups in total. The molecule has 2 aliphatic rings. The largest absolute Gasteiger partial charge is 0.368 e. The van der Waals surface area contributed by atoms with Gasteiger partial charge in [-0.25, -0.2) is 0 Å². The second-order valence-electron chi connectivity index (χ2n) is 7.36. The number of hydrogen-bond acceptors (Lipinski definition) is 2. The van der Waals surface area contributed by atoms with Gasteiger partial charge in [-0.15, -0.1) is 0 Å². The Kier molecular flexibility index (Phi) is 3.72. The Balaban J connectivity index is 1.71. The third-order valence-corrected chi connectivity index (χ3v) is 4.94. The first-order valence-corrected chi connectivity index (χ1v) is 8.10. The van der Waals surface area contributed by atoms with Crippen LogP contribution in [-0.4, -0.2) is 18.1 Å². The van der Waals surface area contributed by atoms with Crippen LogP contribution in [0.2, 0.25) is 5.02 Å². The summed E-state index contributed by atoms with van der Waals surface area (Å²) in [4.78, 5) is 2.56. The lowest BCUT2D eigenvalue weighted by Gasteiger charge is -2.29. The highest BCUT2D eigenvalue weighted by molar-refractivity contribution is 6.31. The van der Waals surface area contributed by atoms with Gasteiger partial charge in [-0.3, -0.25) is 0 Å². The van der Waals surface area contributed by atoms with Crippen molar-refractivity contribution in [3.05, 3.63) is 28.8 Å². The van der Waals surface area contributed by atoms with Gasteiger partial charge in [0.05, 0.1) is 0 Å². The standard InChI is InChI=1S/C17H25ClN2/c1-17(2,3)19-10-13-5-7-15(9-16(13)18)20-11-12-4-6-14(20)8-12/h5,7,9,12,14,19H,4,6,8,10-11H2,1-3H3. The fourth-order valence-electron chi connectivity index (χ4n) is 3.46. The van der Waals surface area contributed by atoms with Crippen molar-refractivity contribution in [1.82, 2.24) is 5.32 Å². The van der Waals surface area contributed by atoms with Crippen molar-refractivity contribution in [2.45, 2.75) is 58.2 Å². The van der Waals surface area contributed by atoms with Gasteiger partial charge >= 0.3 is 0 Å². The molecule has 1 saturated carbocycles. The molecule has 1 heterocycles. The molecule has 3 heteroatoms. The van der Waals surface area contributed by atoms with Crippen molar-refractivity contribution in [2.75, 3.05) is 11.4 Å². The summed E-state index contributed by atoms with van der Waals surface area (Å²) < 4.78 is 0. The molecule has 1 saturated heterocycles. The summed E-state index contributed by atoms with van der Waals surface area (Å²) in [7, 11) is 0. The lowest BCUT2D eigenvalue weighted by Crippen LogP contribution is -2.35. The molecule has 1 aliphatic heterocycles. The number of anilines is 1. The van der Waals surface area contributed by atoms with Gasteiger partial charge in [0.25, 0.3) is 0 Å². The maximum atomic E-state index is 6.47. The van der Waals surface area contributed by atoms with Crippen LogP contribution in [-0.2, 0) is 6.54 Å².